The highest BCUT2D eigenvalue weighted by Crippen LogP contribution is 2.35. The molecule has 0 amide bonds. The van der Waals surface area contributed by atoms with Crippen LogP contribution in [0.1, 0.15) is 58.8 Å². The first kappa shape index (κ1) is 11.9. The van der Waals surface area contributed by atoms with Crippen LogP contribution >= 0.6 is 0 Å². The molecule has 2 rings (SSSR count). The van der Waals surface area contributed by atoms with Crippen LogP contribution < -0.4 is 5.32 Å². The van der Waals surface area contributed by atoms with Crippen LogP contribution in [0.15, 0.2) is 0 Å². The Kier molecular flexibility index (Phi) is 3.54. The highest BCUT2D eigenvalue weighted by molar-refractivity contribution is 5.05. The Balaban J connectivity index is 1.90. The normalized spacial score (nSPS) is 32.6. The van der Waals surface area contributed by atoms with Gasteiger partial charge in [-0.1, -0.05) is 19.3 Å². The van der Waals surface area contributed by atoms with Gasteiger partial charge in [-0.3, -0.25) is 0 Å². The van der Waals surface area contributed by atoms with E-state index >= 15 is 0 Å². The molecule has 90 valence electrons. The second-order valence-corrected chi connectivity index (χ2v) is 6.13. The lowest BCUT2D eigenvalue weighted by Gasteiger charge is -2.30. The molecule has 2 unspecified atom stereocenters. The fraction of sp³-hybridized carbons (Fsp3) is 0.929. The van der Waals surface area contributed by atoms with E-state index in [0.717, 1.165) is 5.92 Å². The summed E-state index contributed by atoms with van der Waals surface area (Å²) in [5.41, 5.74) is -0.205. The molecule has 1 aliphatic carbocycles. The minimum absolute atomic E-state index is 0.205. The second-order valence-electron chi connectivity index (χ2n) is 6.13. The van der Waals surface area contributed by atoms with Gasteiger partial charge in [0.1, 0.15) is 0 Å². The second kappa shape index (κ2) is 4.75. The lowest BCUT2D eigenvalue weighted by molar-refractivity contribution is 0.262. The number of hydrogen-bond acceptors (Lipinski definition) is 2. The lowest BCUT2D eigenvalue weighted by atomic mass is 9.83. The smallest absolute Gasteiger partial charge is 0.0700 e. The predicted octanol–water partition coefficient (Wildman–Crippen LogP) is 3.24. The van der Waals surface area contributed by atoms with Crippen LogP contribution in [-0.2, 0) is 0 Å². The first-order valence-corrected chi connectivity index (χ1v) is 6.81. The van der Waals surface area contributed by atoms with Crippen molar-refractivity contribution in [3.05, 3.63) is 0 Å². The maximum atomic E-state index is 9.16. The van der Waals surface area contributed by atoms with Gasteiger partial charge in [0.15, 0.2) is 0 Å². The minimum atomic E-state index is -0.205. The van der Waals surface area contributed by atoms with E-state index in [4.69, 9.17) is 5.26 Å². The van der Waals surface area contributed by atoms with E-state index in [1.54, 1.807) is 0 Å². The van der Waals surface area contributed by atoms with Crippen LogP contribution in [0.2, 0.25) is 0 Å². The maximum absolute atomic E-state index is 9.16. The molecule has 2 atom stereocenters. The number of nitrogens with zero attached hydrogens (tertiary/aromatic N) is 1. The molecular weight excluding hydrogens is 196 g/mol. The van der Waals surface area contributed by atoms with Crippen molar-refractivity contribution in [1.82, 2.24) is 5.32 Å². The van der Waals surface area contributed by atoms with E-state index in [1.807, 2.05) is 0 Å². The van der Waals surface area contributed by atoms with Gasteiger partial charge >= 0.3 is 0 Å². The van der Waals surface area contributed by atoms with Crippen LogP contribution in [0, 0.1) is 22.7 Å². The molecule has 0 radical (unpaired) electrons. The molecule has 1 heterocycles. The van der Waals surface area contributed by atoms with Gasteiger partial charge in [-0.25, -0.2) is 0 Å². The fourth-order valence-corrected chi connectivity index (χ4v) is 3.33. The molecule has 16 heavy (non-hydrogen) atoms. The Labute approximate surface area is 99.4 Å². The molecule has 1 aliphatic heterocycles. The van der Waals surface area contributed by atoms with Gasteiger partial charge in [0.05, 0.1) is 11.5 Å². The molecule has 0 aromatic heterocycles. The third kappa shape index (κ3) is 2.40. The summed E-state index contributed by atoms with van der Waals surface area (Å²) in [4.78, 5) is 0. The molecule has 2 fully saturated rings. The molecule has 1 saturated heterocycles. The molecule has 1 saturated carbocycles. The van der Waals surface area contributed by atoms with Crippen molar-refractivity contribution in [2.45, 2.75) is 70.9 Å². The van der Waals surface area contributed by atoms with Gasteiger partial charge < -0.3 is 5.32 Å². The zero-order chi connectivity index (χ0) is 11.6. The molecule has 0 bridgehead atoms. The monoisotopic (exact) mass is 220 g/mol. The predicted molar refractivity (Wildman–Crippen MR) is 65.9 cm³/mol. The van der Waals surface area contributed by atoms with Gasteiger partial charge in [-0.2, -0.15) is 5.26 Å². The summed E-state index contributed by atoms with van der Waals surface area (Å²) < 4.78 is 0. The van der Waals surface area contributed by atoms with Crippen molar-refractivity contribution in [3.8, 4) is 6.07 Å². The first-order valence-electron chi connectivity index (χ1n) is 6.81. The van der Waals surface area contributed by atoms with E-state index in [1.165, 1.54) is 44.9 Å². The molecule has 2 nitrogen and oxygen atoms in total. The summed E-state index contributed by atoms with van der Waals surface area (Å²) >= 11 is 0. The van der Waals surface area contributed by atoms with E-state index < -0.39 is 0 Å². The van der Waals surface area contributed by atoms with Crippen molar-refractivity contribution >= 4 is 0 Å². The van der Waals surface area contributed by atoms with Crippen LogP contribution in [0.25, 0.3) is 0 Å². The Morgan fingerprint density at radius 1 is 1.06 bits per heavy atom. The Bertz CT molecular complexity index is 271. The minimum Gasteiger partial charge on any atom is -0.309 e. The topological polar surface area (TPSA) is 35.8 Å². The van der Waals surface area contributed by atoms with Crippen molar-refractivity contribution in [1.29, 1.82) is 5.26 Å². The third-order valence-corrected chi connectivity index (χ3v) is 4.56. The van der Waals surface area contributed by atoms with E-state index in [2.05, 4.69) is 25.2 Å². The van der Waals surface area contributed by atoms with Crippen LogP contribution in [0.5, 0.6) is 0 Å². The lowest BCUT2D eigenvalue weighted by Crippen LogP contribution is -2.42. The molecule has 1 N–H and O–H groups in total. The zero-order valence-corrected chi connectivity index (χ0v) is 10.6. The molecule has 0 aromatic carbocycles. The average molecular weight is 220 g/mol. The summed E-state index contributed by atoms with van der Waals surface area (Å²) in [6, 6.07) is 3.54. The highest BCUT2D eigenvalue weighted by atomic mass is 15.0. The third-order valence-electron chi connectivity index (χ3n) is 4.56. The molecule has 2 aliphatic rings. The Morgan fingerprint density at radius 3 is 2.38 bits per heavy atom. The fourth-order valence-electron chi connectivity index (χ4n) is 3.33. The standard InChI is InChI=1S/C14H24N2/c1-14(2,10-15)13-9-8-12(16-13)11-6-4-3-5-7-11/h11-13,16H,3-9H2,1-2H3. The summed E-state index contributed by atoms with van der Waals surface area (Å²) in [6.07, 6.45) is 9.51. The van der Waals surface area contributed by atoms with Crippen LogP contribution in [-0.4, -0.2) is 12.1 Å². The largest absolute Gasteiger partial charge is 0.309 e. The van der Waals surface area contributed by atoms with Gasteiger partial charge in [0.2, 0.25) is 0 Å². The number of rotatable bonds is 2. The molecule has 0 aromatic rings. The summed E-state index contributed by atoms with van der Waals surface area (Å²) in [6.45, 7) is 4.13. The summed E-state index contributed by atoms with van der Waals surface area (Å²) in [7, 11) is 0. The number of nitriles is 1. The van der Waals surface area contributed by atoms with Gasteiger partial charge in [-0.05, 0) is 45.4 Å². The van der Waals surface area contributed by atoms with Gasteiger partial charge in [0, 0.05) is 12.1 Å². The van der Waals surface area contributed by atoms with Crippen molar-refractivity contribution in [3.63, 3.8) is 0 Å². The van der Waals surface area contributed by atoms with Crippen molar-refractivity contribution < 1.29 is 0 Å². The number of hydrogen-bond donors (Lipinski definition) is 1. The Hall–Kier alpha value is -0.550. The summed E-state index contributed by atoms with van der Waals surface area (Å²) in [5.74, 6) is 0.883. The molecule has 0 spiro atoms. The molecule has 2 heteroatoms. The SMILES string of the molecule is CC(C)(C#N)C1CCC(C2CCCCC2)N1. The van der Waals surface area contributed by atoms with Crippen molar-refractivity contribution in [2.75, 3.05) is 0 Å². The maximum Gasteiger partial charge on any atom is 0.0700 e. The Morgan fingerprint density at radius 2 is 1.75 bits per heavy atom. The summed E-state index contributed by atoms with van der Waals surface area (Å²) in [5, 5.41) is 12.9. The van der Waals surface area contributed by atoms with Gasteiger partial charge in [0.25, 0.3) is 0 Å². The van der Waals surface area contributed by atoms with Crippen LogP contribution in [0.3, 0.4) is 0 Å². The average Bonchev–Trinajstić information content (AvgIpc) is 2.80. The van der Waals surface area contributed by atoms with E-state index in [0.29, 0.717) is 12.1 Å². The number of nitrogens with one attached hydrogen (secondary N) is 1. The van der Waals surface area contributed by atoms with Crippen molar-refractivity contribution in [2.24, 2.45) is 11.3 Å². The first-order chi connectivity index (χ1) is 7.63. The van der Waals surface area contributed by atoms with E-state index in [-0.39, 0.29) is 5.41 Å². The van der Waals surface area contributed by atoms with E-state index in [9.17, 15) is 0 Å². The van der Waals surface area contributed by atoms with Crippen LogP contribution in [0.4, 0.5) is 0 Å². The quantitative estimate of drug-likeness (QED) is 0.775. The highest BCUT2D eigenvalue weighted by Gasteiger charge is 2.38. The molecular formula is C14H24N2. The van der Waals surface area contributed by atoms with Gasteiger partial charge in [-0.15, -0.1) is 0 Å². The zero-order valence-electron chi connectivity index (χ0n) is 10.6.